The molecule has 1 aromatic heterocycles. The summed E-state index contributed by atoms with van der Waals surface area (Å²) < 4.78 is 5.35. The van der Waals surface area contributed by atoms with Gasteiger partial charge >= 0.3 is 5.97 Å². The fraction of sp³-hybridized carbons (Fsp3) is 0.500. The van der Waals surface area contributed by atoms with E-state index in [1.165, 1.54) is 18.9 Å². The Hall–Kier alpha value is -4.32. The van der Waals surface area contributed by atoms with Crippen LogP contribution in [0.4, 0.5) is 0 Å². The van der Waals surface area contributed by atoms with Crippen molar-refractivity contribution in [1.82, 2.24) is 26.1 Å². The molecule has 1 saturated heterocycles. The first-order valence-corrected chi connectivity index (χ1v) is 14.9. The van der Waals surface area contributed by atoms with E-state index in [4.69, 9.17) is 4.74 Å². The summed E-state index contributed by atoms with van der Waals surface area (Å²) in [6.45, 7) is 10.2. The van der Waals surface area contributed by atoms with Crippen LogP contribution in [-0.2, 0) is 35.1 Å². The maximum atomic E-state index is 13.6. The normalized spacial score (nSPS) is 18.0. The first-order valence-electron chi connectivity index (χ1n) is 14.9. The van der Waals surface area contributed by atoms with E-state index in [1.54, 1.807) is 32.9 Å². The number of hydrogen-bond acceptors (Lipinski definition) is 9. The number of nitrogens with zero attached hydrogens (tertiary/aromatic N) is 2. The number of carboxylic acid groups (broad SMARTS) is 1. The third kappa shape index (κ3) is 9.09. The number of pyridine rings is 1. The molecule has 0 bridgehead atoms. The van der Waals surface area contributed by atoms with Gasteiger partial charge in [-0.3, -0.25) is 29.2 Å². The number of benzene rings is 1. The summed E-state index contributed by atoms with van der Waals surface area (Å²) in [6, 6.07) is 6.71. The first-order chi connectivity index (χ1) is 20.8. The SMILES string of the molecule is CCc1ccc2ccc(/C=C/[C@@H](C(=O)N[C@H](C(=O)N[C@@H](C)C(=O)N3CCC[C@@H](C(=O)[O-])N3)C(C)C)[C@H](C)OC(C)=O)cc2n1. The number of aryl methyl sites for hydroxylation is 1. The van der Waals surface area contributed by atoms with Gasteiger partial charge < -0.3 is 25.3 Å². The van der Waals surface area contributed by atoms with E-state index in [0.29, 0.717) is 12.8 Å². The minimum absolute atomic E-state index is 0.280. The molecule has 0 aliphatic carbocycles. The maximum absolute atomic E-state index is 13.6. The Morgan fingerprint density at radius 1 is 1.09 bits per heavy atom. The Balaban J connectivity index is 1.76. The average Bonchev–Trinajstić information content (AvgIpc) is 2.98. The summed E-state index contributed by atoms with van der Waals surface area (Å²) in [4.78, 5) is 67.5. The van der Waals surface area contributed by atoms with Crippen molar-refractivity contribution in [1.29, 1.82) is 0 Å². The Morgan fingerprint density at radius 2 is 1.80 bits per heavy atom. The number of ether oxygens (including phenoxy) is 1. The van der Waals surface area contributed by atoms with Crippen molar-refractivity contribution in [3.05, 3.63) is 47.7 Å². The van der Waals surface area contributed by atoms with Gasteiger partial charge in [-0.2, -0.15) is 0 Å². The molecule has 12 heteroatoms. The third-order valence-electron chi connectivity index (χ3n) is 7.51. The number of hydrogen-bond donors (Lipinski definition) is 3. The van der Waals surface area contributed by atoms with Crippen molar-refractivity contribution in [2.45, 2.75) is 85.0 Å². The zero-order valence-corrected chi connectivity index (χ0v) is 26.1. The quantitative estimate of drug-likeness (QED) is 0.300. The second kappa shape index (κ2) is 15.4. The molecule has 1 fully saturated rings. The van der Waals surface area contributed by atoms with Crippen LogP contribution >= 0.6 is 0 Å². The predicted molar refractivity (Wildman–Crippen MR) is 162 cm³/mol. The molecular weight excluding hydrogens is 566 g/mol. The summed E-state index contributed by atoms with van der Waals surface area (Å²) in [5.74, 6) is -4.79. The molecule has 1 aliphatic heterocycles. The minimum Gasteiger partial charge on any atom is -0.548 e. The number of rotatable bonds is 12. The van der Waals surface area contributed by atoms with Gasteiger partial charge in [0.1, 0.15) is 18.2 Å². The molecule has 0 unspecified atom stereocenters. The van der Waals surface area contributed by atoms with Gasteiger partial charge in [0, 0.05) is 24.5 Å². The van der Waals surface area contributed by atoms with E-state index in [-0.39, 0.29) is 12.5 Å². The monoisotopic (exact) mass is 608 g/mol. The lowest BCUT2D eigenvalue weighted by atomic mass is 9.97. The molecule has 12 nitrogen and oxygen atoms in total. The summed E-state index contributed by atoms with van der Waals surface area (Å²) in [5.41, 5.74) is 5.20. The van der Waals surface area contributed by atoms with E-state index in [9.17, 15) is 29.1 Å². The Kier molecular flexibility index (Phi) is 12.0. The van der Waals surface area contributed by atoms with Crippen LogP contribution in [-0.4, -0.2) is 70.4 Å². The molecule has 5 atom stereocenters. The van der Waals surface area contributed by atoms with E-state index in [0.717, 1.165) is 28.6 Å². The van der Waals surface area contributed by atoms with Gasteiger partial charge in [0.2, 0.25) is 11.8 Å². The Morgan fingerprint density at radius 3 is 2.43 bits per heavy atom. The maximum Gasteiger partial charge on any atom is 0.302 e. The van der Waals surface area contributed by atoms with Gasteiger partial charge in [-0.05, 0) is 56.7 Å². The van der Waals surface area contributed by atoms with Crippen LogP contribution in [0, 0.1) is 11.8 Å². The highest BCUT2D eigenvalue weighted by molar-refractivity contribution is 5.93. The van der Waals surface area contributed by atoms with Crippen LogP contribution in [0.15, 0.2) is 36.4 Å². The van der Waals surface area contributed by atoms with Crippen LogP contribution < -0.4 is 21.2 Å². The topological polar surface area (TPSA) is 170 Å². The van der Waals surface area contributed by atoms with Gasteiger partial charge in [0.15, 0.2) is 0 Å². The number of carbonyl (C=O) groups excluding carboxylic acids is 5. The van der Waals surface area contributed by atoms with Gasteiger partial charge in [-0.1, -0.05) is 51.1 Å². The number of carbonyl (C=O) groups is 5. The zero-order valence-electron chi connectivity index (χ0n) is 26.1. The summed E-state index contributed by atoms with van der Waals surface area (Å²) >= 11 is 0. The third-order valence-corrected chi connectivity index (χ3v) is 7.51. The second-order valence-corrected chi connectivity index (χ2v) is 11.4. The number of aliphatic carboxylic acids is 1. The molecule has 2 heterocycles. The van der Waals surface area contributed by atoms with Crippen LogP contribution in [0.2, 0.25) is 0 Å². The standard InChI is InChI=1S/C32H43N5O7/c1-7-24-14-13-23-12-10-22(17-27(23)34-24)11-15-25(20(5)44-21(6)38)29(39)35-28(18(2)3)30(40)33-19(4)31(41)37-16-8-9-26(36-37)32(42)43/h10-15,17-20,25-26,28,36H,7-9,16H2,1-6H3,(H,33,40)(H,35,39)(H,42,43)/p-1/b15-11+/t19-,20-,25+,26-,28-/m0/s1. The number of nitrogens with one attached hydrogen (secondary N) is 3. The van der Waals surface area contributed by atoms with Crippen LogP contribution in [0.1, 0.15) is 65.6 Å². The smallest absolute Gasteiger partial charge is 0.302 e. The highest BCUT2D eigenvalue weighted by atomic mass is 16.5. The van der Waals surface area contributed by atoms with Crippen molar-refractivity contribution < 1.29 is 33.8 Å². The van der Waals surface area contributed by atoms with Crippen molar-refractivity contribution in [3.63, 3.8) is 0 Å². The largest absolute Gasteiger partial charge is 0.548 e. The highest BCUT2D eigenvalue weighted by Crippen LogP contribution is 2.19. The lowest BCUT2D eigenvalue weighted by Gasteiger charge is -2.36. The molecule has 238 valence electrons. The lowest BCUT2D eigenvalue weighted by Crippen LogP contribution is -2.62. The number of esters is 1. The molecule has 3 amide bonds. The molecule has 0 spiro atoms. The molecule has 2 aromatic rings. The Labute approximate surface area is 257 Å². The average molecular weight is 609 g/mol. The van der Waals surface area contributed by atoms with Crippen molar-refractivity contribution in [2.75, 3.05) is 6.54 Å². The minimum atomic E-state index is -1.31. The highest BCUT2D eigenvalue weighted by Gasteiger charge is 2.33. The van der Waals surface area contributed by atoms with Gasteiger partial charge in [-0.15, -0.1) is 0 Å². The zero-order chi connectivity index (χ0) is 32.6. The van der Waals surface area contributed by atoms with E-state index >= 15 is 0 Å². The van der Waals surface area contributed by atoms with Crippen LogP contribution in [0.3, 0.4) is 0 Å². The fourth-order valence-electron chi connectivity index (χ4n) is 4.98. The van der Waals surface area contributed by atoms with Crippen LogP contribution in [0.5, 0.6) is 0 Å². The molecule has 44 heavy (non-hydrogen) atoms. The van der Waals surface area contributed by atoms with E-state index in [2.05, 4.69) is 21.0 Å². The molecule has 3 N–H and O–H groups in total. The number of hydrazine groups is 1. The number of carboxylic acids is 1. The molecule has 1 aromatic carbocycles. The number of fused-ring (bicyclic) bond motifs is 1. The first kappa shape index (κ1) is 34.2. The molecular formula is C32H42N5O7-. The van der Waals surface area contributed by atoms with Crippen molar-refractivity contribution in [2.24, 2.45) is 11.8 Å². The molecule has 0 radical (unpaired) electrons. The predicted octanol–water partition coefficient (Wildman–Crippen LogP) is 1.27. The molecule has 0 saturated carbocycles. The second-order valence-electron chi connectivity index (χ2n) is 11.4. The molecule has 3 rings (SSSR count). The van der Waals surface area contributed by atoms with Gasteiger partial charge in [0.05, 0.1) is 23.4 Å². The van der Waals surface area contributed by atoms with Gasteiger partial charge in [-0.25, -0.2) is 5.43 Å². The van der Waals surface area contributed by atoms with E-state index in [1.807, 2.05) is 37.3 Å². The number of amides is 3. The van der Waals surface area contributed by atoms with E-state index < -0.39 is 59.8 Å². The van der Waals surface area contributed by atoms with Crippen molar-refractivity contribution >= 4 is 46.6 Å². The van der Waals surface area contributed by atoms with Gasteiger partial charge in [0.25, 0.3) is 5.91 Å². The lowest BCUT2D eigenvalue weighted by molar-refractivity contribution is -0.310. The number of aromatic nitrogens is 1. The van der Waals surface area contributed by atoms with Crippen molar-refractivity contribution in [3.8, 4) is 0 Å². The summed E-state index contributed by atoms with van der Waals surface area (Å²) in [6.07, 6.45) is 4.13. The summed E-state index contributed by atoms with van der Waals surface area (Å²) in [5, 5.41) is 18.8. The molecule has 1 aliphatic rings. The fourth-order valence-corrected chi connectivity index (χ4v) is 4.98. The Bertz CT molecular complexity index is 1410. The van der Waals surface area contributed by atoms with Crippen LogP contribution in [0.25, 0.3) is 17.0 Å². The summed E-state index contributed by atoms with van der Waals surface area (Å²) in [7, 11) is 0.